The fourth-order valence-corrected chi connectivity index (χ4v) is 1.71. The van der Waals surface area contributed by atoms with Gasteiger partial charge in [-0.2, -0.15) is 0 Å². The summed E-state index contributed by atoms with van der Waals surface area (Å²) >= 11 is 0. The van der Waals surface area contributed by atoms with E-state index in [-0.39, 0.29) is 30.9 Å². The molecule has 5 nitrogen and oxygen atoms in total. The number of carboxylic acid groups (broad SMARTS) is 1. The van der Waals surface area contributed by atoms with Crippen molar-refractivity contribution in [2.75, 3.05) is 20.2 Å². The first-order valence-corrected chi connectivity index (χ1v) is 5.10. The number of rotatable bonds is 4. The van der Waals surface area contributed by atoms with Crippen molar-refractivity contribution in [3.63, 3.8) is 0 Å². The Kier molecular flexibility index (Phi) is 4.08. The predicted octanol–water partition coefficient (Wildman–Crippen LogP) is 0.344. The van der Waals surface area contributed by atoms with Crippen LogP contribution in [0, 0.1) is 5.92 Å². The molecule has 0 saturated carbocycles. The molecule has 15 heavy (non-hydrogen) atoms. The minimum atomic E-state index is -0.884. The Morgan fingerprint density at radius 2 is 2.20 bits per heavy atom. The summed E-state index contributed by atoms with van der Waals surface area (Å²) in [6, 6.07) is 0. The largest absolute Gasteiger partial charge is 0.481 e. The molecule has 1 aliphatic rings. The van der Waals surface area contributed by atoms with Gasteiger partial charge in [0.05, 0.1) is 18.4 Å². The molecule has 0 aromatic carbocycles. The Morgan fingerprint density at radius 1 is 1.53 bits per heavy atom. The summed E-state index contributed by atoms with van der Waals surface area (Å²) in [4.78, 5) is 23.6. The van der Waals surface area contributed by atoms with Gasteiger partial charge in [0.1, 0.15) is 0 Å². The molecule has 1 heterocycles. The number of carbonyl (C=O) groups is 2. The van der Waals surface area contributed by atoms with E-state index in [0.717, 1.165) is 6.42 Å². The van der Waals surface area contributed by atoms with Crippen molar-refractivity contribution < 1.29 is 19.4 Å². The van der Waals surface area contributed by atoms with Gasteiger partial charge < -0.3 is 14.7 Å². The molecule has 0 bridgehead atoms. The number of ether oxygens (including phenoxy) is 1. The third-order valence-electron chi connectivity index (χ3n) is 2.73. The zero-order valence-electron chi connectivity index (χ0n) is 9.10. The summed E-state index contributed by atoms with van der Waals surface area (Å²) in [5, 5.41) is 8.50. The second-order valence-corrected chi connectivity index (χ2v) is 3.87. The van der Waals surface area contributed by atoms with E-state index in [1.807, 2.05) is 6.92 Å². The third-order valence-corrected chi connectivity index (χ3v) is 2.73. The lowest BCUT2D eigenvalue weighted by Crippen LogP contribution is -2.37. The third kappa shape index (κ3) is 3.20. The highest BCUT2D eigenvalue weighted by Gasteiger charge is 2.32. The molecule has 2 unspecified atom stereocenters. The van der Waals surface area contributed by atoms with Crippen LogP contribution in [0.1, 0.15) is 19.8 Å². The highest BCUT2D eigenvalue weighted by molar-refractivity contribution is 5.80. The smallest absolute Gasteiger partial charge is 0.305 e. The summed E-state index contributed by atoms with van der Waals surface area (Å²) in [5.41, 5.74) is 0. The van der Waals surface area contributed by atoms with Crippen LogP contribution in [0.5, 0.6) is 0 Å². The maximum absolute atomic E-state index is 11.8. The van der Waals surface area contributed by atoms with E-state index in [2.05, 4.69) is 0 Å². The van der Waals surface area contributed by atoms with Gasteiger partial charge in [-0.1, -0.05) is 0 Å². The Morgan fingerprint density at radius 3 is 2.67 bits per heavy atom. The first kappa shape index (κ1) is 12.0. The molecular weight excluding hydrogens is 198 g/mol. The quantitative estimate of drug-likeness (QED) is 0.734. The number of hydrogen-bond acceptors (Lipinski definition) is 3. The zero-order valence-corrected chi connectivity index (χ0v) is 9.10. The lowest BCUT2D eigenvalue weighted by Gasteiger charge is -2.21. The van der Waals surface area contributed by atoms with Crippen LogP contribution in [0.2, 0.25) is 0 Å². The minimum absolute atomic E-state index is 0.00972. The molecule has 0 aromatic heterocycles. The molecule has 5 heteroatoms. The van der Waals surface area contributed by atoms with Gasteiger partial charge in [-0.05, 0) is 13.3 Å². The van der Waals surface area contributed by atoms with Gasteiger partial charge in [-0.25, -0.2) is 0 Å². The number of hydrogen-bond donors (Lipinski definition) is 1. The number of nitrogens with zero attached hydrogens (tertiary/aromatic N) is 1. The maximum atomic E-state index is 11.8. The fraction of sp³-hybridized carbons (Fsp3) is 0.800. The van der Waals surface area contributed by atoms with Gasteiger partial charge in [-0.15, -0.1) is 0 Å². The van der Waals surface area contributed by atoms with Gasteiger partial charge in [0, 0.05) is 20.2 Å². The van der Waals surface area contributed by atoms with Gasteiger partial charge in [0.2, 0.25) is 5.91 Å². The number of aliphatic carboxylic acids is 1. The SMILES string of the molecule is CC1OCCC1C(=O)N(C)CCC(=O)O. The molecule has 1 fully saturated rings. The van der Waals surface area contributed by atoms with E-state index >= 15 is 0 Å². The van der Waals surface area contributed by atoms with Crippen molar-refractivity contribution >= 4 is 11.9 Å². The summed E-state index contributed by atoms with van der Waals surface area (Å²) < 4.78 is 5.30. The van der Waals surface area contributed by atoms with E-state index < -0.39 is 5.97 Å². The Bertz CT molecular complexity index is 254. The summed E-state index contributed by atoms with van der Waals surface area (Å²) in [5.74, 6) is -1.00. The lowest BCUT2D eigenvalue weighted by molar-refractivity contribution is -0.139. The second-order valence-electron chi connectivity index (χ2n) is 3.87. The van der Waals surface area contributed by atoms with Crippen LogP contribution in [0.15, 0.2) is 0 Å². The Hall–Kier alpha value is -1.10. The summed E-state index contributed by atoms with van der Waals surface area (Å²) in [7, 11) is 1.64. The topological polar surface area (TPSA) is 66.8 Å². The Labute approximate surface area is 89.0 Å². The van der Waals surface area contributed by atoms with Gasteiger partial charge in [0.15, 0.2) is 0 Å². The molecule has 0 radical (unpaired) electrons. The summed E-state index contributed by atoms with van der Waals surface area (Å²) in [6.07, 6.45) is 0.673. The molecule has 1 amide bonds. The van der Waals surface area contributed by atoms with E-state index in [1.54, 1.807) is 7.05 Å². The lowest BCUT2D eigenvalue weighted by atomic mass is 10.0. The van der Waals surface area contributed by atoms with Crippen molar-refractivity contribution in [2.24, 2.45) is 5.92 Å². The Balaban J connectivity index is 2.41. The average Bonchev–Trinajstić information content (AvgIpc) is 2.59. The molecular formula is C10H17NO4. The molecule has 86 valence electrons. The van der Waals surface area contributed by atoms with Crippen molar-refractivity contribution in [3.05, 3.63) is 0 Å². The second kappa shape index (κ2) is 5.11. The monoisotopic (exact) mass is 215 g/mol. The van der Waals surface area contributed by atoms with E-state index in [1.165, 1.54) is 4.90 Å². The number of carbonyl (C=O) groups excluding carboxylic acids is 1. The zero-order chi connectivity index (χ0) is 11.4. The van der Waals surface area contributed by atoms with Crippen molar-refractivity contribution in [1.29, 1.82) is 0 Å². The standard InChI is InChI=1S/C10H17NO4/c1-7-8(4-6-15-7)10(14)11(2)5-3-9(12)13/h7-8H,3-6H2,1-2H3,(H,12,13). The highest BCUT2D eigenvalue weighted by atomic mass is 16.5. The van der Waals surface area contributed by atoms with Crippen molar-refractivity contribution in [1.82, 2.24) is 4.90 Å². The average molecular weight is 215 g/mol. The molecule has 1 N–H and O–H groups in total. The normalized spacial score (nSPS) is 25.2. The van der Waals surface area contributed by atoms with Crippen LogP contribution in [0.25, 0.3) is 0 Å². The van der Waals surface area contributed by atoms with Crippen LogP contribution in [-0.4, -0.2) is 48.2 Å². The molecule has 1 rings (SSSR count). The van der Waals surface area contributed by atoms with E-state index in [4.69, 9.17) is 9.84 Å². The highest BCUT2D eigenvalue weighted by Crippen LogP contribution is 2.22. The van der Waals surface area contributed by atoms with Gasteiger partial charge >= 0.3 is 5.97 Å². The van der Waals surface area contributed by atoms with Crippen LogP contribution in [0.4, 0.5) is 0 Å². The molecule has 0 aromatic rings. The molecule has 2 atom stereocenters. The van der Waals surface area contributed by atoms with Crippen LogP contribution < -0.4 is 0 Å². The minimum Gasteiger partial charge on any atom is -0.481 e. The fourth-order valence-electron chi connectivity index (χ4n) is 1.71. The van der Waals surface area contributed by atoms with E-state index in [9.17, 15) is 9.59 Å². The number of amides is 1. The number of carboxylic acids is 1. The first-order chi connectivity index (χ1) is 7.02. The molecule has 1 saturated heterocycles. The van der Waals surface area contributed by atoms with E-state index in [0.29, 0.717) is 6.61 Å². The summed E-state index contributed by atoms with van der Waals surface area (Å²) in [6.45, 7) is 2.75. The van der Waals surface area contributed by atoms with Crippen LogP contribution >= 0.6 is 0 Å². The van der Waals surface area contributed by atoms with Gasteiger partial charge in [-0.3, -0.25) is 9.59 Å². The van der Waals surface area contributed by atoms with Gasteiger partial charge in [0.25, 0.3) is 0 Å². The molecule has 0 spiro atoms. The molecule has 1 aliphatic heterocycles. The maximum Gasteiger partial charge on any atom is 0.305 e. The van der Waals surface area contributed by atoms with Crippen molar-refractivity contribution in [3.8, 4) is 0 Å². The molecule has 0 aliphatic carbocycles. The predicted molar refractivity (Wildman–Crippen MR) is 53.4 cm³/mol. The van der Waals surface area contributed by atoms with Crippen LogP contribution in [-0.2, 0) is 14.3 Å². The van der Waals surface area contributed by atoms with Crippen LogP contribution in [0.3, 0.4) is 0 Å². The first-order valence-electron chi connectivity index (χ1n) is 5.10. The van der Waals surface area contributed by atoms with Crippen molar-refractivity contribution in [2.45, 2.75) is 25.9 Å².